The largest absolute Gasteiger partial charge is 0.491 e. The Morgan fingerprint density at radius 3 is 2.51 bits per heavy atom. The summed E-state index contributed by atoms with van der Waals surface area (Å²) < 4.78 is 97.1. The lowest BCUT2D eigenvalue weighted by Gasteiger charge is -2.29. The summed E-state index contributed by atoms with van der Waals surface area (Å²) in [6.45, 7) is -0.562. The molecule has 0 saturated carbocycles. The molecule has 8 nitrogen and oxygen atoms in total. The fourth-order valence-electron chi connectivity index (χ4n) is 4.60. The molecule has 0 radical (unpaired) electrons. The van der Waals surface area contributed by atoms with Crippen molar-refractivity contribution in [1.82, 2.24) is 20.0 Å². The Kier molecular flexibility index (Phi) is 7.94. The standard InChI is InChI=1S/C23H20ClF7N4O4/c24-13-2-1-12(15(25)7-13)9-35-17-10-34(4-3-14(17)19(33-35)22(26,27)28)18(36)6-11-5-16(32-8-11)20(37)39-21(38)23(29,30)31/h1-2,7,11,16,32H,3-6,8-10H2/t11?,16-/m0/s1. The van der Waals surface area contributed by atoms with E-state index in [4.69, 9.17) is 11.6 Å². The quantitative estimate of drug-likeness (QED) is 0.328. The monoisotopic (exact) mass is 584 g/mol. The van der Waals surface area contributed by atoms with Crippen molar-refractivity contribution in [3.8, 4) is 0 Å². The summed E-state index contributed by atoms with van der Waals surface area (Å²) in [5.41, 5.74) is -1.08. The minimum absolute atomic E-state index is 0.0424. The topological polar surface area (TPSA) is 93.5 Å². The normalized spacial score (nSPS) is 19.6. The van der Waals surface area contributed by atoms with E-state index in [1.165, 1.54) is 17.0 Å². The average molecular weight is 585 g/mol. The molecule has 0 aliphatic carbocycles. The number of ether oxygens (including phenoxy) is 1. The minimum atomic E-state index is -5.34. The van der Waals surface area contributed by atoms with E-state index in [9.17, 15) is 45.1 Å². The van der Waals surface area contributed by atoms with E-state index in [2.05, 4.69) is 15.2 Å². The lowest BCUT2D eigenvalue weighted by molar-refractivity contribution is -0.202. The van der Waals surface area contributed by atoms with Crippen LogP contribution in [0, 0.1) is 11.7 Å². The van der Waals surface area contributed by atoms with E-state index in [1.54, 1.807) is 0 Å². The van der Waals surface area contributed by atoms with Crippen molar-refractivity contribution in [2.24, 2.45) is 5.92 Å². The van der Waals surface area contributed by atoms with Crippen LogP contribution in [0.25, 0.3) is 0 Å². The third-order valence-corrected chi connectivity index (χ3v) is 6.72. The Morgan fingerprint density at radius 1 is 1.15 bits per heavy atom. The van der Waals surface area contributed by atoms with Crippen LogP contribution in [0.1, 0.15) is 35.4 Å². The van der Waals surface area contributed by atoms with Crippen molar-refractivity contribution in [3.05, 3.63) is 51.6 Å². The molecule has 1 aromatic carbocycles. The summed E-state index contributed by atoms with van der Waals surface area (Å²) in [4.78, 5) is 37.0. The number of nitrogens with zero attached hydrogens (tertiary/aromatic N) is 3. The molecule has 16 heteroatoms. The van der Waals surface area contributed by atoms with E-state index in [0.29, 0.717) is 0 Å². The molecular formula is C23H20ClF7N4O4. The molecule has 0 bridgehead atoms. The second-order valence-electron chi connectivity index (χ2n) is 9.20. The predicted octanol–water partition coefficient (Wildman–Crippen LogP) is 3.63. The number of alkyl halides is 6. The van der Waals surface area contributed by atoms with Gasteiger partial charge in [0, 0.05) is 29.1 Å². The van der Waals surface area contributed by atoms with Crippen molar-refractivity contribution in [2.75, 3.05) is 13.1 Å². The van der Waals surface area contributed by atoms with Crippen LogP contribution in [0.15, 0.2) is 18.2 Å². The zero-order valence-corrected chi connectivity index (χ0v) is 20.6. The van der Waals surface area contributed by atoms with Crippen molar-refractivity contribution in [3.63, 3.8) is 0 Å². The third-order valence-electron chi connectivity index (χ3n) is 6.49. The zero-order chi connectivity index (χ0) is 28.7. The molecule has 1 amide bonds. The fraction of sp³-hybridized carbons (Fsp3) is 0.478. The van der Waals surface area contributed by atoms with Crippen LogP contribution < -0.4 is 5.32 Å². The van der Waals surface area contributed by atoms with Gasteiger partial charge in [0.1, 0.15) is 11.9 Å². The van der Waals surface area contributed by atoms with E-state index in [0.717, 1.165) is 10.7 Å². The number of benzene rings is 1. The molecule has 2 aromatic rings. The highest BCUT2D eigenvalue weighted by Gasteiger charge is 2.45. The van der Waals surface area contributed by atoms with Crippen LogP contribution in [0.3, 0.4) is 0 Å². The highest BCUT2D eigenvalue weighted by atomic mass is 35.5. The zero-order valence-electron chi connectivity index (χ0n) is 19.8. The second kappa shape index (κ2) is 10.8. The Balaban J connectivity index is 1.44. The average Bonchev–Trinajstić information content (AvgIpc) is 3.44. The number of carbonyl (C=O) groups is 3. The van der Waals surface area contributed by atoms with Crippen molar-refractivity contribution in [1.29, 1.82) is 0 Å². The second-order valence-corrected chi connectivity index (χ2v) is 9.64. The van der Waals surface area contributed by atoms with Gasteiger partial charge in [-0.2, -0.15) is 31.4 Å². The lowest BCUT2D eigenvalue weighted by atomic mass is 9.99. The summed E-state index contributed by atoms with van der Waals surface area (Å²) in [6, 6.07) is 2.49. The Bertz CT molecular complexity index is 1290. The molecular weight excluding hydrogens is 565 g/mol. The SMILES string of the molecule is O=C(OC(=O)C(F)(F)F)[C@@H]1CC(CC(=O)N2CCc3c(C(F)(F)F)nn(Cc4ccc(Cl)cc4F)c3C2)CN1. The van der Waals surface area contributed by atoms with Crippen LogP contribution in [-0.4, -0.2) is 57.8 Å². The highest BCUT2D eigenvalue weighted by molar-refractivity contribution is 6.30. The van der Waals surface area contributed by atoms with Gasteiger partial charge in [0.2, 0.25) is 5.91 Å². The van der Waals surface area contributed by atoms with Gasteiger partial charge in [-0.15, -0.1) is 0 Å². The maximum absolute atomic E-state index is 14.3. The molecule has 2 aliphatic rings. The summed E-state index contributed by atoms with van der Waals surface area (Å²) in [5, 5.41) is 6.38. The summed E-state index contributed by atoms with van der Waals surface area (Å²) in [5.74, 6) is -5.77. The number of hydrogen-bond acceptors (Lipinski definition) is 6. The molecule has 1 N–H and O–H groups in total. The number of fused-ring (bicyclic) bond motifs is 1. The number of nitrogens with one attached hydrogen (secondary N) is 1. The number of amides is 1. The predicted molar refractivity (Wildman–Crippen MR) is 119 cm³/mol. The molecule has 1 saturated heterocycles. The minimum Gasteiger partial charge on any atom is -0.385 e. The fourth-order valence-corrected chi connectivity index (χ4v) is 4.76. The molecule has 1 unspecified atom stereocenters. The first-order valence-corrected chi connectivity index (χ1v) is 11.9. The number of rotatable bonds is 5. The maximum atomic E-state index is 14.3. The van der Waals surface area contributed by atoms with Crippen LogP contribution in [0.5, 0.6) is 0 Å². The first-order valence-electron chi connectivity index (χ1n) is 11.6. The molecule has 2 aliphatic heterocycles. The van der Waals surface area contributed by atoms with Gasteiger partial charge in [-0.25, -0.2) is 14.0 Å². The van der Waals surface area contributed by atoms with Gasteiger partial charge in [-0.1, -0.05) is 17.7 Å². The number of esters is 2. The molecule has 0 spiro atoms. The van der Waals surface area contributed by atoms with E-state index in [-0.39, 0.29) is 67.3 Å². The van der Waals surface area contributed by atoms with Gasteiger partial charge in [0.25, 0.3) is 0 Å². The lowest BCUT2D eigenvalue weighted by Crippen LogP contribution is -2.38. The van der Waals surface area contributed by atoms with Gasteiger partial charge >= 0.3 is 24.3 Å². The van der Waals surface area contributed by atoms with Crippen LogP contribution in [-0.2, 0) is 44.8 Å². The van der Waals surface area contributed by atoms with Crippen LogP contribution in [0.4, 0.5) is 30.7 Å². The van der Waals surface area contributed by atoms with Crippen molar-refractivity contribution >= 4 is 29.4 Å². The van der Waals surface area contributed by atoms with Gasteiger partial charge in [0.05, 0.1) is 18.8 Å². The maximum Gasteiger partial charge on any atom is 0.491 e. The summed E-state index contributed by atoms with van der Waals surface area (Å²) in [6.07, 6.45) is -10.5. The number of halogens is 8. The Hall–Kier alpha value is -3.20. The molecule has 39 heavy (non-hydrogen) atoms. The van der Waals surface area contributed by atoms with Gasteiger partial charge in [-0.05, 0) is 37.4 Å². The number of hydrogen-bond donors (Lipinski definition) is 1. The van der Waals surface area contributed by atoms with E-state index >= 15 is 0 Å². The third kappa shape index (κ3) is 6.52. The van der Waals surface area contributed by atoms with E-state index < -0.39 is 53.7 Å². The van der Waals surface area contributed by atoms with Crippen molar-refractivity contribution in [2.45, 2.75) is 50.7 Å². The molecule has 212 valence electrons. The first-order chi connectivity index (χ1) is 18.1. The smallest absolute Gasteiger partial charge is 0.385 e. The number of aromatic nitrogens is 2. The summed E-state index contributed by atoms with van der Waals surface area (Å²) >= 11 is 5.74. The summed E-state index contributed by atoms with van der Waals surface area (Å²) in [7, 11) is 0. The van der Waals surface area contributed by atoms with E-state index in [1.807, 2.05) is 0 Å². The van der Waals surface area contributed by atoms with Crippen LogP contribution in [0.2, 0.25) is 5.02 Å². The molecule has 3 heterocycles. The Labute approximate surface area is 221 Å². The highest BCUT2D eigenvalue weighted by Crippen LogP contribution is 2.36. The van der Waals surface area contributed by atoms with Crippen LogP contribution >= 0.6 is 11.6 Å². The van der Waals surface area contributed by atoms with Crippen molar-refractivity contribution < 1.29 is 49.9 Å². The molecule has 4 rings (SSSR count). The van der Waals surface area contributed by atoms with Gasteiger partial charge in [-0.3, -0.25) is 9.48 Å². The van der Waals surface area contributed by atoms with Gasteiger partial charge in [0.15, 0.2) is 5.69 Å². The molecule has 2 atom stereocenters. The number of carbonyl (C=O) groups excluding carboxylic acids is 3. The molecule has 1 aromatic heterocycles. The van der Waals surface area contributed by atoms with Gasteiger partial charge < -0.3 is 15.0 Å². The first kappa shape index (κ1) is 28.8. The Morgan fingerprint density at radius 2 is 1.87 bits per heavy atom. The molecule has 1 fully saturated rings.